The van der Waals surface area contributed by atoms with Crippen molar-refractivity contribution in [2.24, 2.45) is 0 Å². The number of nitrogens with two attached hydrogens (primary N) is 1. The molecule has 1 rings (SSSR count). The number of carboxylic acid groups (broad SMARTS) is 1. The molecule has 1 amide bonds. The van der Waals surface area contributed by atoms with Crippen LogP contribution in [0.1, 0.15) is 36.5 Å². The topological polar surface area (TPSA) is 92.4 Å². The fourth-order valence-electron chi connectivity index (χ4n) is 1.62. The molecule has 0 radical (unpaired) electrons. The van der Waals surface area contributed by atoms with Crippen LogP contribution in [0.3, 0.4) is 0 Å². The molecule has 6 heteroatoms. The van der Waals surface area contributed by atoms with E-state index in [-0.39, 0.29) is 18.4 Å². The Morgan fingerprint density at radius 1 is 1.47 bits per heavy atom. The first-order chi connectivity index (χ1) is 8.90. The summed E-state index contributed by atoms with van der Waals surface area (Å²) in [6.07, 6.45) is 1.29. The van der Waals surface area contributed by atoms with Gasteiger partial charge in [-0.2, -0.15) is 0 Å². The van der Waals surface area contributed by atoms with E-state index in [0.717, 1.165) is 4.47 Å². The number of amides is 1. The van der Waals surface area contributed by atoms with Crippen LogP contribution in [0, 0.1) is 0 Å². The highest BCUT2D eigenvalue weighted by molar-refractivity contribution is 9.10. The Morgan fingerprint density at radius 2 is 2.16 bits per heavy atom. The molecule has 1 unspecified atom stereocenters. The molecule has 0 saturated carbocycles. The minimum Gasteiger partial charge on any atom is -0.481 e. The Labute approximate surface area is 120 Å². The van der Waals surface area contributed by atoms with Crippen LogP contribution >= 0.6 is 15.9 Å². The molecule has 1 aromatic rings. The normalized spacial score (nSPS) is 11.9. The summed E-state index contributed by atoms with van der Waals surface area (Å²) in [4.78, 5) is 22.3. The lowest BCUT2D eigenvalue weighted by atomic mass is 10.1. The van der Waals surface area contributed by atoms with Crippen LogP contribution in [0.5, 0.6) is 0 Å². The molecule has 0 aromatic heterocycles. The Kier molecular flexibility index (Phi) is 5.82. The molecule has 104 valence electrons. The standard InChI is InChI=1S/C13H17BrN2O3/c1-8(3-2-4-12(17)18)16-13(19)9-5-6-10(14)11(15)7-9/h5-8H,2-4,15H2,1H3,(H,16,19)(H,17,18). The van der Waals surface area contributed by atoms with E-state index in [4.69, 9.17) is 10.8 Å². The summed E-state index contributed by atoms with van der Waals surface area (Å²) in [7, 11) is 0. The van der Waals surface area contributed by atoms with E-state index in [9.17, 15) is 9.59 Å². The van der Waals surface area contributed by atoms with E-state index in [1.807, 2.05) is 6.92 Å². The second-order valence-electron chi connectivity index (χ2n) is 4.40. The first-order valence-corrected chi connectivity index (χ1v) is 6.77. The number of carboxylic acids is 1. The van der Waals surface area contributed by atoms with Crippen molar-refractivity contribution >= 4 is 33.5 Å². The monoisotopic (exact) mass is 328 g/mol. The largest absolute Gasteiger partial charge is 0.481 e. The van der Waals surface area contributed by atoms with E-state index >= 15 is 0 Å². The van der Waals surface area contributed by atoms with E-state index in [0.29, 0.717) is 24.1 Å². The third kappa shape index (κ3) is 5.30. The summed E-state index contributed by atoms with van der Waals surface area (Å²) in [5, 5.41) is 11.4. The molecule has 19 heavy (non-hydrogen) atoms. The van der Waals surface area contributed by atoms with Gasteiger partial charge < -0.3 is 16.2 Å². The molecule has 4 N–H and O–H groups in total. The molecular weight excluding hydrogens is 312 g/mol. The number of aliphatic carboxylic acids is 1. The number of hydrogen-bond acceptors (Lipinski definition) is 3. The van der Waals surface area contributed by atoms with Gasteiger partial charge in [-0.05, 0) is 53.9 Å². The lowest BCUT2D eigenvalue weighted by Crippen LogP contribution is -2.32. The van der Waals surface area contributed by atoms with Gasteiger partial charge in [0.15, 0.2) is 0 Å². The summed E-state index contributed by atoms with van der Waals surface area (Å²) in [5.74, 6) is -1.03. The minimum absolute atomic E-state index is 0.0725. The minimum atomic E-state index is -0.820. The molecule has 0 bridgehead atoms. The van der Waals surface area contributed by atoms with E-state index in [2.05, 4.69) is 21.2 Å². The Balaban J connectivity index is 2.49. The van der Waals surface area contributed by atoms with E-state index in [1.165, 1.54) is 0 Å². The van der Waals surface area contributed by atoms with Gasteiger partial charge in [-0.25, -0.2) is 0 Å². The van der Waals surface area contributed by atoms with Crippen LogP contribution in [-0.2, 0) is 4.79 Å². The number of halogens is 1. The van der Waals surface area contributed by atoms with Crippen molar-refractivity contribution in [3.05, 3.63) is 28.2 Å². The van der Waals surface area contributed by atoms with Gasteiger partial charge >= 0.3 is 5.97 Å². The Hall–Kier alpha value is -1.56. The Morgan fingerprint density at radius 3 is 2.74 bits per heavy atom. The third-order valence-corrected chi connectivity index (χ3v) is 3.39. The molecule has 1 aromatic carbocycles. The van der Waals surface area contributed by atoms with Gasteiger partial charge in [-0.3, -0.25) is 9.59 Å². The number of nitrogens with one attached hydrogen (secondary N) is 1. The van der Waals surface area contributed by atoms with E-state index < -0.39 is 5.97 Å². The maximum Gasteiger partial charge on any atom is 0.303 e. The van der Waals surface area contributed by atoms with Gasteiger partial charge in [-0.15, -0.1) is 0 Å². The lowest BCUT2D eigenvalue weighted by molar-refractivity contribution is -0.137. The quantitative estimate of drug-likeness (QED) is 0.699. The van der Waals surface area contributed by atoms with Gasteiger partial charge in [-0.1, -0.05) is 0 Å². The van der Waals surface area contributed by atoms with Gasteiger partial charge in [0, 0.05) is 28.2 Å². The molecule has 0 aliphatic heterocycles. The highest BCUT2D eigenvalue weighted by atomic mass is 79.9. The number of carbonyl (C=O) groups is 2. The zero-order valence-electron chi connectivity index (χ0n) is 10.6. The third-order valence-electron chi connectivity index (χ3n) is 2.66. The van der Waals surface area contributed by atoms with Crippen LogP contribution in [0.4, 0.5) is 5.69 Å². The first kappa shape index (κ1) is 15.5. The zero-order chi connectivity index (χ0) is 14.4. The van der Waals surface area contributed by atoms with Crippen molar-refractivity contribution in [1.82, 2.24) is 5.32 Å². The zero-order valence-corrected chi connectivity index (χ0v) is 12.2. The molecule has 5 nitrogen and oxygen atoms in total. The van der Waals surface area contributed by atoms with Crippen molar-refractivity contribution in [2.45, 2.75) is 32.2 Å². The number of anilines is 1. The van der Waals surface area contributed by atoms with Crippen LogP contribution in [0.25, 0.3) is 0 Å². The second kappa shape index (κ2) is 7.13. The Bertz CT molecular complexity index is 477. The van der Waals surface area contributed by atoms with Gasteiger partial charge in [0.05, 0.1) is 0 Å². The summed E-state index contributed by atoms with van der Waals surface area (Å²) in [5.41, 5.74) is 6.71. The van der Waals surface area contributed by atoms with Crippen molar-refractivity contribution in [1.29, 1.82) is 0 Å². The second-order valence-corrected chi connectivity index (χ2v) is 5.25. The molecule has 0 aliphatic carbocycles. The van der Waals surface area contributed by atoms with Gasteiger partial charge in [0.2, 0.25) is 0 Å². The molecule has 1 atom stereocenters. The summed E-state index contributed by atoms with van der Waals surface area (Å²) >= 11 is 3.26. The maximum atomic E-state index is 11.9. The van der Waals surface area contributed by atoms with Gasteiger partial charge in [0.1, 0.15) is 0 Å². The fraction of sp³-hybridized carbons (Fsp3) is 0.385. The number of nitrogen functional groups attached to an aromatic ring is 1. The predicted molar refractivity (Wildman–Crippen MR) is 77.0 cm³/mol. The lowest BCUT2D eigenvalue weighted by Gasteiger charge is -2.13. The van der Waals surface area contributed by atoms with Crippen LogP contribution in [-0.4, -0.2) is 23.0 Å². The van der Waals surface area contributed by atoms with Crippen molar-refractivity contribution in [3.63, 3.8) is 0 Å². The summed E-state index contributed by atoms with van der Waals surface area (Å²) in [6, 6.07) is 4.93. The summed E-state index contributed by atoms with van der Waals surface area (Å²) < 4.78 is 0.749. The predicted octanol–water partition coefficient (Wildman–Crippen LogP) is 2.40. The average Bonchev–Trinajstić information content (AvgIpc) is 2.32. The smallest absolute Gasteiger partial charge is 0.303 e. The highest BCUT2D eigenvalue weighted by Crippen LogP contribution is 2.20. The first-order valence-electron chi connectivity index (χ1n) is 5.98. The molecule has 0 aliphatic rings. The van der Waals surface area contributed by atoms with Crippen LogP contribution in [0.2, 0.25) is 0 Å². The number of hydrogen-bond donors (Lipinski definition) is 3. The van der Waals surface area contributed by atoms with Crippen molar-refractivity contribution in [3.8, 4) is 0 Å². The fourth-order valence-corrected chi connectivity index (χ4v) is 1.87. The molecule has 0 heterocycles. The average molecular weight is 329 g/mol. The molecular formula is C13H17BrN2O3. The summed E-state index contributed by atoms with van der Waals surface area (Å²) in [6.45, 7) is 1.85. The van der Waals surface area contributed by atoms with Crippen LogP contribution in [0.15, 0.2) is 22.7 Å². The van der Waals surface area contributed by atoms with Gasteiger partial charge in [0.25, 0.3) is 5.91 Å². The highest BCUT2D eigenvalue weighted by Gasteiger charge is 2.11. The van der Waals surface area contributed by atoms with Crippen molar-refractivity contribution < 1.29 is 14.7 Å². The van der Waals surface area contributed by atoms with E-state index in [1.54, 1.807) is 18.2 Å². The van der Waals surface area contributed by atoms with Crippen molar-refractivity contribution in [2.75, 3.05) is 5.73 Å². The number of benzene rings is 1. The SMILES string of the molecule is CC(CCCC(=O)O)NC(=O)c1ccc(Br)c(N)c1. The molecule has 0 spiro atoms. The number of carbonyl (C=O) groups excluding carboxylic acids is 1. The van der Waals surface area contributed by atoms with Crippen LogP contribution < -0.4 is 11.1 Å². The number of rotatable bonds is 6. The molecule has 0 fully saturated rings. The maximum absolute atomic E-state index is 11.9. The molecule has 0 saturated heterocycles.